The first-order valence-electron chi connectivity index (χ1n) is 6.88. The zero-order chi connectivity index (χ0) is 15.0. The van der Waals surface area contributed by atoms with Gasteiger partial charge in [-0.1, -0.05) is 23.7 Å². The lowest BCUT2D eigenvalue weighted by atomic mass is 10.0. The summed E-state index contributed by atoms with van der Waals surface area (Å²) in [6, 6.07) is 7.96. The van der Waals surface area contributed by atoms with Crippen LogP contribution >= 0.6 is 23.4 Å². The fourth-order valence-electron chi connectivity index (χ4n) is 2.52. The molecule has 6 heteroatoms. The fraction of sp³-hybridized carbons (Fsp3) is 0.400. The summed E-state index contributed by atoms with van der Waals surface area (Å²) in [7, 11) is 1.84. The molecular weight excluding hydrogens is 306 g/mol. The predicted octanol–water partition coefficient (Wildman–Crippen LogP) is 2.81. The Balaban J connectivity index is 1.73. The fourth-order valence-corrected chi connectivity index (χ4v) is 3.86. The van der Waals surface area contributed by atoms with Crippen molar-refractivity contribution in [1.82, 2.24) is 9.78 Å². The summed E-state index contributed by atoms with van der Waals surface area (Å²) in [6.45, 7) is 1.96. The second-order valence-electron chi connectivity index (χ2n) is 5.26. The molecule has 0 fully saturated rings. The lowest BCUT2D eigenvalue weighted by Gasteiger charge is -2.29. The van der Waals surface area contributed by atoms with Crippen molar-refractivity contribution >= 4 is 23.4 Å². The van der Waals surface area contributed by atoms with Gasteiger partial charge in [-0.2, -0.15) is 5.10 Å². The molecule has 0 aliphatic carbocycles. The van der Waals surface area contributed by atoms with E-state index in [9.17, 15) is 0 Å². The monoisotopic (exact) mass is 323 g/mol. The summed E-state index contributed by atoms with van der Waals surface area (Å²) in [4.78, 5) is 1.18. The highest BCUT2D eigenvalue weighted by Crippen LogP contribution is 2.36. The lowest BCUT2D eigenvalue weighted by molar-refractivity contribution is 0.184. The molecule has 1 aromatic heterocycles. The van der Waals surface area contributed by atoms with E-state index in [-0.39, 0.29) is 12.1 Å². The first-order valence-corrected chi connectivity index (χ1v) is 8.24. The molecule has 2 atom stereocenters. The molecule has 0 saturated heterocycles. The number of benzene rings is 1. The Morgan fingerprint density at radius 3 is 3.00 bits per heavy atom. The summed E-state index contributed by atoms with van der Waals surface area (Å²) in [5, 5.41) is 4.99. The van der Waals surface area contributed by atoms with Crippen LogP contribution in [0, 0.1) is 6.92 Å². The van der Waals surface area contributed by atoms with Gasteiger partial charge in [-0.05, 0) is 25.5 Å². The van der Waals surface area contributed by atoms with Crippen molar-refractivity contribution in [3.8, 4) is 5.75 Å². The van der Waals surface area contributed by atoms with E-state index in [1.54, 1.807) is 16.4 Å². The number of nitrogens with two attached hydrogens (primary N) is 1. The van der Waals surface area contributed by atoms with Gasteiger partial charge in [0.2, 0.25) is 0 Å². The Kier molecular flexibility index (Phi) is 4.15. The van der Waals surface area contributed by atoms with Gasteiger partial charge in [0, 0.05) is 29.3 Å². The highest BCUT2D eigenvalue weighted by atomic mass is 35.5. The van der Waals surface area contributed by atoms with E-state index < -0.39 is 0 Å². The first-order chi connectivity index (χ1) is 10.1. The van der Waals surface area contributed by atoms with E-state index in [4.69, 9.17) is 22.1 Å². The van der Waals surface area contributed by atoms with Gasteiger partial charge in [0.15, 0.2) is 0 Å². The largest absolute Gasteiger partial charge is 0.487 e. The molecule has 1 aromatic carbocycles. The maximum atomic E-state index is 6.35. The zero-order valence-electron chi connectivity index (χ0n) is 12.0. The quantitative estimate of drug-likeness (QED) is 0.943. The van der Waals surface area contributed by atoms with Crippen LogP contribution in [-0.4, -0.2) is 27.7 Å². The number of nitrogens with zero attached hydrogens (tertiary/aromatic N) is 2. The molecule has 2 heterocycles. The molecule has 3 rings (SSSR count). The van der Waals surface area contributed by atoms with E-state index >= 15 is 0 Å². The van der Waals surface area contributed by atoms with E-state index in [2.05, 4.69) is 11.2 Å². The molecule has 0 spiro atoms. The summed E-state index contributed by atoms with van der Waals surface area (Å²) < 4.78 is 7.72. The maximum Gasteiger partial charge on any atom is 0.133 e. The normalized spacial score (nSPS) is 19.0. The van der Waals surface area contributed by atoms with Gasteiger partial charge in [0.1, 0.15) is 17.0 Å². The molecule has 0 saturated carbocycles. The second-order valence-corrected chi connectivity index (χ2v) is 6.68. The Morgan fingerprint density at radius 2 is 2.29 bits per heavy atom. The molecule has 0 amide bonds. The molecule has 1 aliphatic rings. The van der Waals surface area contributed by atoms with Crippen LogP contribution in [0.3, 0.4) is 0 Å². The third-order valence-electron chi connectivity index (χ3n) is 3.72. The number of aromatic nitrogens is 2. The van der Waals surface area contributed by atoms with Crippen molar-refractivity contribution < 1.29 is 4.74 Å². The predicted molar refractivity (Wildman–Crippen MR) is 86.2 cm³/mol. The smallest absolute Gasteiger partial charge is 0.133 e. The number of hydrogen-bond acceptors (Lipinski definition) is 4. The molecule has 0 radical (unpaired) electrons. The van der Waals surface area contributed by atoms with E-state index in [1.807, 2.05) is 32.2 Å². The van der Waals surface area contributed by atoms with Crippen molar-refractivity contribution in [2.75, 3.05) is 5.75 Å². The van der Waals surface area contributed by atoms with Crippen LogP contribution < -0.4 is 10.5 Å². The number of para-hydroxylation sites is 1. The van der Waals surface area contributed by atoms with E-state index in [0.29, 0.717) is 11.6 Å². The van der Waals surface area contributed by atoms with E-state index in [1.165, 1.54) is 4.90 Å². The lowest BCUT2D eigenvalue weighted by Crippen LogP contribution is -2.43. The SMILES string of the molecule is Cc1nn(C)c(Cl)c1CC(N)C1CSc2ccccc2O1. The van der Waals surface area contributed by atoms with Gasteiger partial charge >= 0.3 is 0 Å². The second kappa shape index (κ2) is 5.91. The first kappa shape index (κ1) is 14.8. The van der Waals surface area contributed by atoms with Crippen LogP contribution in [0.25, 0.3) is 0 Å². The number of thioether (sulfide) groups is 1. The van der Waals surface area contributed by atoms with E-state index in [0.717, 1.165) is 22.8 Å². The summed E-state index contributed by atoms with van der Waals surface area (Å²) in [6.07, 6.45) is 0.659. The maximum absolute atomic E-state index is 6.35. The Bertz CT molecular complexity index is 658. The standard InChI is InChI=1S/C15H18ClN3OS/c1-9-10(15(16)19(2)18-9)7-11(17)13-8-21-14-6-4-3-5-12(14)20-13/h3-6,11,13H,7-8,17H2,1-2H3. The van der Waals surface area contributed by atoms with Gasteiger partial charge < -0.3 is 10.5 Å². The molecule has 112 valence electrons. The average molecular weight is 324 g/mol. The topological polar surface area (TPSA) is 53.1 Å². The van der Waals surface area contributed by atoms with Crippen molar-refractivity contribution in [3.05, 3.63) is 40.7 Å². The molecule has 21 heavy (non-hydrogen) atoms. The number of fused-ring (bicyclic) bond motifs is 1. The van der Waals surface area contributed by atoms with Gasteiger partial charge in [-0.25, -0.2) is 0 Å². The van der Waals surface area contributed by atoms with Crippen LogP contribution in [0.2, 0.25) is 5.15 Å². The van der Waals surface area contributed by atoms with Gasteiger partial charge in [0.05, 0.1) is 5.69 Å². The van der Waals surface area contributed by atoms with Crippen LogP contribution in [0.1, 0.15) is 11.3 Å². The van der Waals surface area contributed by atoms with Crippen LogP contribution in [0.15, 0.2) is 29.2 Å². The number of ether oxygens (including phenoxy) is 1. The Hall–Kier alpha value is -1.17. The number of aryl methyl sites for hydroxylation is 2. The molecule has 4 nitrogen and oxygen atoms in total. The van der Waals surface area contributed by atoms with Crippen molar-refractivity contribution in [2.45, 2.75) is 30.4 Å². The average Bonchev–Trinajstić information content (AvgIpc) is 2.73. The van der Waals surface area contributed by atoms with Crippen LogP contribution in [-0.2, 0) is 13.5 Å². The van der Waals surface area contributed by atoms with Crippen LogP contribution in [0.5, 0.6) is 5.75 Å². The van der Waals surface area contributed by atoms with Gasteiger partial charge in [-0.15, -0.1) is 11.8 Å². The number of rotatable bonds is 3. The van der Waals surface area contributed by atoms with Gasteiger partial charge in [0.25, 0.3) is 0 Å². The molecule has 0 bridgehead atoms. The zero-order valence-corrected chi connectivity index (χ0v) is 13.6. The summed E-state index contributed by atoms with van der Waals surface area (Å²) >= 11 is 8.07. The molecule has 2 unspecified atom stereocenters. The van der Waals surface area contributed by atoms with Gasteiger partial charge in [-0.3, -0.25) is 4.68 Å². The van der Waals surface area contributed by atoms with Crippen molar-refractivity contribution in [2.24, 2.45) is 12.8 Å². The molecular formula is C15H18ClN3OS. The minimum Gasteiger partial charge on any atom is -0.487 e. The van der Waals surface area contributed by atoms with Crippen LogP contribution in [0.4, 0.5) is 0 Å². The molecule has 2 aromatic rings. The molecule has 2 N–H and O–H groups in total. The third kappa shape index (κ3) is 2.91. The van der Waals surface area contributed by atoms with Crippen molar-refractivity contribution in [1.29, 1.82) is 0 Å². The summed E-state index contributed by atoms with van der Waals surface area (Å²) in [5.74, 6) is 1.78. The third-order valence-corrected chi connectivity index (χ3v) is 5.33. The Morgan fingerprint density at radius 1 is 1.52 bits per heavy atom. The Labute approximate surface area is 133 Å². The number of halogens is 1. The highest BCUT2D eigenvalue weighted by molar-refractivity contribution is 7.99. The highest BCUT2D eigenvalue weighted by Gasteiger charge is 2.27. The minimum atomic E-state index is -0.105. The van der Waals surface area contributed by atoms with Crippen molar-refractivity contribution in [3.63, 3.8) is 0 Å². The number of hydrogen-bond donors (Lipinski definition) is 1. The molecule has 1 aliphatic heterocycles. The summed E-state index contributed by atoms with van der Waals surface area (Å²) in [5.41, 5.74) is 8.30. The minimum absolute atomic E-state index is 0.0134.